The molecule has 0 spiro atoms. The van der Waals surface area contributed by atoms with Crippen molar-refractivity contribution in [3.63, 3.8) is 0 Å². The maximum Gasteiger partial charge on any atom is 0.263 e. The molecule has 1 saturated heterocycles. The van der Waals surface area contributed by atoms with E-state index >= 15 is 0 Å². The van der Waals surface area contributed by atoms with Crippen LogP contribution in [0.1, 0.15) is 34.0 Å². The number of nitrogens with zero attached hydrogens (tertiary/aromatic N) is 1. The van der Waals surface area contributed by atoms with Crippen molar-refractivity contribution in [2.45, 2.75) is 24.8 Å². The van der Waals surface area contributed by atoms with E-state index in [2.05, 4.69) is 5.32 Å². The summed E-state index contributed by atoms with van der Waals surface area (Å²) in [5.74, 6) is 0.503. The summed E-state index contributed by atoms with van der Waals surface area (Å²) in [5.41, 5.74) is 0.993. The number of carbonyl (C=O) groups excluding carboxylic acids is 2. The van der Waals surface area contributed by atoms with Crippen molar-refractivity contribution in [1.29, 1.82) is 0 Å². The molecule has 0 radical (unpaired) electrons. The molecule has 1 aliphatic heterocycles. The van der Waals surface area contributed by atoms with Gasteiger partial charge in [0.1, 0.15) is 5.75 Å². The lowest BCUT2D eigenvalue weighted by molar-refractivity contribution is -0.125. The van der Waals surface area contributed by atoms with Crippen LogP contribution in [0.4, 0.5) is 0 Å². The normalized spacial score (nSPS) is 22.3. The summed E-state index contributed by atoms with van der Waals surface area (Å²) in [5, 5.41) is 5.01. The second-order valence-electron chi connectivity index (χ2n) is 6.93. The average Bonchev–Trinajstić information content (AvgIpc) is 3.16. The van der Waals surface area contributed by atoms with Crippen LogP contribution in [0, 0.1) is 5.92 Å². The number of ether oxygens (including phenoxy) is 1. The Morgan fingerprint density at radius 2 is 1.96 bits per heavy atom. The molecule has 136 valence electrons. The Bertz CT molecular complexity index is 801. The fourth-order valence-electron chi connectivity index (χ4n) is 3.62. The molecule has 2 aromatic rings. The fraction of sp³-hybridized carbons (Fsp3) is 0.400. The number of thiophene rings is 1. The standard InChI is InChI=1S/C20H22N2O3S/c1-25-17-6-3-2-5-14(17)15-11-22(20(24)18-7-4-10-26-18)12-16(15)19(23)21-13-8-9-13/h2-7,10,13,15-16H,8-9,11-12H2,1H3,(H,21,23). The van der Waals surface area contributed by atoms with Crippen LogP contribution in [0.15, 0.2) is 41.8 Å². The van der Waals surface area contributed by atoms with E-state index in [9.17, 15) is 9.59 Å². The van der Waals surface area contributed by atoms with Crippen molar-refractivity contribution in [2.24, 2.45) is 5.92 Å². The molecular formula is C20H22N2O3S. The molecule has 2 heterocycles. The van der Waals surface area contributed by atoms with E-state index in [-0.39, 0.29) is 23.7 Å². The molecule has 0 bridgehead atoms. The number of benzene rings is 1. The largest absolute Gasteiger partial charge is 0.496 e. The van der Waals surface area contributed by atoms with Crippen LogP contribution in [0.25, 0.3) is 0 Å². The number of hydrogen-bond acceptors (Lipinski definition) is 4. The highest BCUT2D eigenvalue weighted by Crippen LogP contribution is 2.38. The van der Waals surface area contributed by atoms with Gasteiger partial charge in [-0.3, -0.25) is 9.59 Å². The first-order chi connectivity index (χ1) is 12.7. The smallest absolute Gasteiger partial charge is 0.263 e. The SMILES string of the molecule is COc1ccccc1C1CN(C(=O)c2cccs2)CC1C(=O)NC1CC1. The van der Waals surface area contributed by atoms with Gasteiger partial charge in [-0.2, -0.15) is 0 Å². The van der Waals surface area contributed by atoms with Crippen LogP contribution in [-0.2, 0) is 4.79 Å². The van der Waals surface area contributed by atoms with Gasteiger partial charge < -0.3 is 15.0 Å². The second kappa shape index (κ2) is 7.11. The molecule has 2 atom stereocenters. The van der Waals surface area contributed by atoms with Gasteiger partial charge in [0.25, 0.3) is 5.91 Å². The fourth-order valence-corrected chi connectivity index (χ4v) is 4.31. The summed E-state index contributed by atoms with van der Waals surface area (Å²) in [6, 6.07) is 11.8. The molecule has 5 nitrogen and oxygen atoms in total. The minimum absolute atomic E-state index is 0.00150. The number of rotatable bonds is 5. The highest BCUT2D eigenvalue weighted by Gasteiger charge is 2.42. The molecule has 2 unspecified atom stereocenters. The summed E-state index contributed by atoms with van der Waals surface area (Å²) < 4.78 is 5.51. The van der Waals surface area contributed by atoms with E-state index < -0.39 is 0 Å². The zero-order valence-corrected chi connectivity index (χ0v) is 15.5. The minimum Gasteiger partial charge on any atom is -0.496 e. The number of methoxy groups -OCH3 is 1. The molecule has 26 heavy (non-hydrogen) atoms. The lowest BCUT2D eigenvalue weighted by Gasteiger charge is -2.20. The van der Waals surface area contributed by atoms with E-state index in [1.54, 1.807) is 12.0 Å². The van der Waals surface area contributed by atoms with Crippen LogP contribution >= 0.6 is 11.3 Å². The van der Waals surface area contributed by atoms with Crippen molar-refractivity contribution in [1.82, 2.24) is 10.2 Å². The summed E-state index contributed by atoms with van der Waals surface area (Å²) >= 11 is 1.44. The van der Waals surface area contributed by atoms with E-state index in [0.717, 1.165) is 24.2 Å². The highest BCUT2D eigenvalue weighted by atomic mass is 32.1. The predicted octanol–water partition coefficient (Wildman–Crippen LogP) is 2.89. The first-order valence-electron chi connectivity index (χ1n) is 8.93. The molecule has 1 saturated carbocycles. The molecule has 1 aliphatic carbocycles. The Labute approximate surface area is 157 Å². The number of para-hydroxylation sites is 1. The maximum absolute atomic E-state index is 12.8. The Kier molecular flexibility index (Phi) is 4.68. The Hall–Kier alpha value is -2.34. The van der Waals surface area contributed by atoms with Crippen molar-refractivity contribution >= 4 is 23.2 Å². The van der Waals surface area contributed by atoms with Crippen LogP contribution in [0.2, 0.25) is 0 Å². The summed E-state index contributed by atoms with van der Waals surface area (Å²) in [6.45, 7) is 0.970. The zero-order chi connectivity index (χ0) is 18.1. The van der Waals surface area contributed by atoms with Gasteiger partial charge >= 0.3 is 0 Å². The lowest BCUT2D eigenvalue weighted by atomic mass is 9.87. The average molecular weight is 370 g/mol. The van der Waals surface area contributed by atoms with Crippen LogP contribution < -0.4 is 10.1 Å². The topological polar surface area (TPSA) is 58.6 Å². The third kappa shape index (κ3) is 3.33. The molecule has 1 aromatic carbocycles. The van der Waals surface area contributed by atoms with Crippen molar-refractivity contribution < 1.29 is 14.3 Å². The molecule has 1 N–H and O–H groups in total. The van der Waals surface area contributed by atoms with E-state index in [1.807, 2.05) is 41.8 Å². The highest BCUT2D eigenvalue weighted by molar-refractivity contribution is 7.12. The van der Waals surface area contributed by atoms with Crippen molar-refractivity contribution in [2.75, 3.05) is 20.2 Å². The summed E-state index contributed by atoms with van der Waals surface area (Å²) in [4.78, 5) is 28.2. The molecule has 4 rings (SSSR count). The molecule has 6 heteroatoms. The molecule has 2 fully saturated rings. The number of amides is 2. The van der Waals surface area contributed by atoms with Gasteiger partial charge in [-0.1, -0.05) is 24.3 Å². The first-order valence-corrected chi connectivity index (χ1v) is 9.81. The van der Waals surface area contributed by atoms with Crippen LogP contribution in [0.5, 0.6) is 5.75 Å². The van der Waals surface area contributed by atoms with Gasteiger partial charge in [0.15, 0.2) is 0 Å². The maximum atomic E-state index is 12.8. The molecule has 2 amide bonds. The van der Waals surface area contributed by atoms with Gasteiger partial charge in [0.2, 0.25) is 5.91 Å². The Morgan fingerprint density at radius 1 is 1.15 bits per heavy atom. The van der Waals surface area contributed by atoms with Crippen LogP contribution in [-0.4, -0.2) is 43.0 Å². The number of hydrogen-bond donors (Lipinski definition) is 1. The van der Waals surface area contributed by atoms with Crippen LogP contribution in [0.3, 0.4) is 0 Å². The number of likely N-dealkylation sites (tertiary alicyclic amines) is 1. The Balaban J connectivity index is 1.62. The van der Waals surface area contributed by atoms with Gasteiger partial charge in [-0.25, -0.2) is 0 Å². The predicted molar refractivity (Wildman–Crippen MR) is 101 cm³/mol. The second-order valence-corrected chi connectivity index (χ2v) is 7.87. The molecule has 1 aromatic heterocycles. The van der Waals surface area contributed by atoms with Crippen molar-refractivity contribution in [3.8, 4) is 5.75 Å². The first kappa shape index (κ1) is 17.1. The zero-order valence-electron chi connectivity index (χ0n) is 14.7. The third-order valence-corrected chi connectivity index (χ3v) is 6.00. The Morgan fingerprint density at radius 3 is 2.65 bits per heavy atom. The van der Waals surface area contributed by atoms with E-state index in [0.29, 0.717) is 24.0 Å². The van der Waals surface area contributed by atoms with Gasteiger partial charge in [0, 0.05) is 25.0 Å². The third-order valence-electron chi connectivity index (χ3n) is 5.14. The molecular weight excluding hydrogens is 348 g/mol. The summed E-state index contributed by atoms with van der Waals surface area (Å²) in [7, 11) is 1.64. The van der Waals surface area contributed by atoms with Crippen molar-refractivity contribution in [3.05, 3.63) is 52.2 Å². The van der Waals surface area contributed by atoms with E-state index in [4.69, 9.17) is 4.74 Å². The summed E-state index contributed by atoms with van der Waals surface area (Å²) in [6.07, 6.45) is 2.10. The molecule has 2 aliphatic rings. The minimum atomic E-state index is -0.254. The van der Waals surface area contributed by atoms with Gasteiger partial charge in [0.05, 0.1) is 17.9 Å². The monoisotopic (exact) mass is 370 g/mol. The number of carbonyl (C=O) groups is 2. The van der Waals surface area contributed by atoms with E-state index in [1.165, 1.54) is 11.3 Å². The van der Waals surface area contributed by atoms with Gasteiger partial charge in [-0.05, 0) is 35.9 Å². The number of nitrogens with one attached hydrogen (secondary N) is 1. The van der Waals surface area contributed by atoms with Gasteiger partial charge in [-0.15, -0.1) is 11.3 Å². The lowest BCUT2D eigenvalue weighted by Crippen LogP contribution is -2.36. The quantitative estimate of drug-likeness (QED) is 0.880.